The second kappa shape index (κ2) is 6.71. The topological polar surface area (TPSA) is 74.2 Å². The third kappa shape index (κ3) is 4.09. The van der Waals surface area contributed by atoms with E-state index in [1.54, 1.807) is 7.11 Å². The van der Waals surface area contributed by atoms with Gasteiger partial charge in [0.15, 0.2) is 0 Å². The fraction of sp³-hybridized carbons (Fsp3) is 0.833. The molecule has 0 bridgehead atoms. The zero-order chi connectivity index (χ0) is 12.8. The van der Waals surface area contributed by atoms with Crippen molar-refractivity contribution in [1.29, 1.82) is 0 Å². The zero-order valence-electron chi connectivity index (χ0n) is 11.1. The molecular weight excluding hydrogens is 218 g/mol. The molecular formula is C12H23N3O2. The molecule has 0 spiro atoms. The molecule has 1 aromatic heterocycles. The number of hydrogen-bond acceptors (Lipinski definition) is 5. The molecule has 0 saturated heterocycles. The number of nitrogens with two attached hydrogens (primary N) is 1. The summed E-state index contributed by atoms with van der Waals surface area (Å²) < 4.78 is 10.5. The van der Waals surface area contributed by atoms with Gasteiger partial charge in [0, 0.05) is 7.11 Å². The van der Waals surface area contributed by atoms with E-state index in [-0.39, 0.29) is 12.1 Å². The number of hydrogen-bond donors (Lipinski definition) is 1. The van der Waals surface area contributed by atoms with E-state index in [9.17, 15) is 0 Å². The summed E-state index contributed by atoms with van der Waals surface area (Å²) in [5, 5.41) is 3.94. The van der Waals surface area contributed by atoms with Crippen LogP contribution in [0.3, 0.4) is 0 Å². The monoisotopic (exact) mass is 241 g/mol. The Morgan fingerprint density at radius 2 is 2.12 bits per heavy atom. The van der Waals surface area contributed by atoms with E-state index >= 15 is 0 Å². The number of aromatic nitrogens is 2. The lowest BCUT2D eigenvalue weighted by atomic mass is 10.0. The molecule has 0 fully saturated rings. The second-order valence-electron chi connectivity index (χ2n) is 4.74. The van der Waals surface area contributed by atoms with Crippen LogP contribution in [0.4, 0.5) is 0 Å². The van der Waals surface area contributed by atoms with Gasteiger partial charge in [-0.05, 0) is 18.8 Å². The van der Waals surface area contributed by atoms with Gasteiger partial charge in [0.2, 0.25) is 11.7 Å². The van der Waals surface area contributed by atoms with Crippen LogP contribution >= 0.6 is 0 Å². The molecule has 0 aliphatic carbocycles. The van der Waals surface area contributed by atoms with Gasteiger partial charge < -0.3 is 15.0 Å². The van der Waals surface area contributed by atoms with Crippen molar-refractivity contribution in [3.8, 4) is 0 Å². The van der Waals surface area contributed by atoms with Crippen LogP contribution < -0.4 is 5.73 Å². The molecule has 1 unspecified atom stereocenters. The Hall–Kier alpha value is -0.940. The first-order chi connectivity index (χ1) is 8.08. The SMILES string of the molecule is CCCC(OC)c1noc([C@H](N)CC(C)C)n1. The van der Waals surface area contributed by atoms with Crippen molar-refractivity contribution in [2.24, 2.45) is 11.7 Å². The first-order valence-corrected chi connectivity index (χ1v) is 6.20. The van der Waals surface area contributed by atoms with Crippen molar-refractivity contribution >= 4 is 0 Å². The molecule has 2 atom stereocenters. The molecule has 5 nitrogen and oxygen atoms in total. The highest BCUT2D eigenvalue weighted by Gasteiger charge is 2.20. The quantitative estimate of drug-likeness (QED) is 0.794. The van der Waals surface area contributed by atoms with Crippen molar-refractivity contribution in [2.75, 3.05) is 7.11 Å². The normalized spacial score (nSPS) is 15.2. The van der Waals surface area contributed by atoms with Gasteiger partial charge in [-0.2, -0.15) is 4.98 Å². The van der Waals surface area contributed by atoms with Crippen LogP contribution in [0.5, 0.6) is 0 Å². The molecule has 0 aliphatic rings. The predicted octanol–water partition coefficient (Wildman–Crippen LogP) is 2.60. The van der Waals surface area contributed by atoms with E-state index in [4.69, 9.17) is 15.0 Å². The van der Waals surface area contributed by atoms with Gasteiger partial charge >= 0.3 is 0 Å². The van der Waals surface area contributed by atoms with Gasteiger partial charge in [-0.15, -0.1) is 0 Å². The Morgan fingerprint density at radius 3 is 2.65 bits per heavy atom. The second-order valence-corrected chi connectivity index (χ2v) is 4.74. The molecule has 0 saturated carbocycles. The van der Waals surface area contributed by atoms with Crippen molar-refractivity contribution < 1.29 is 9.26 Å². The van der Waals surface area contributed by atoms with Gasteiger partial charge in [0.1, 0.15) is 6.10 Å². The first-order valence-electron chi connectivity index (χ1n) is 6.20. The molecule has 98 valence electrons. The molecule has 0 amide bonds. The summed E-state index contributed by atoms with van der Waals surface area (Å²) in [5.74, 6) is 1.62. The summed E-state index contributed by atoms with van der Waals surface area (Å²) in [6.07, 6.45) is 2.64. The Morgan fingerprint density at radius 1 is 1.41 bits per heavy atom. The third-order valence-electron chi connectivity index (χ3n) is 2.62. The van der Waals surface area contributed by atoms with Crippen LogP contribution in [0, 0.1) is 5.92 Å². The number of rotatable bonds is 7. The summed E-state index contributed by atoms with van der Waals surface area (Å²) in [6, 6.07) is -0.185. The Balaban J connectivity index is 2.69. The minimum Gasteiger partial charge on any atom is -0.373 e. The maximum absolute atomic E-state index is 5.99. The summed E-state index contributed by atoms with van der Waals surface area (Å²) in [5.41, 5.74) is 5.99. The maximum Gasteiger partial charge on any atom is 0.243 e. The largest absolute Gasteiger partial charge is 0.373 e. The average molecular weight is 241 g/mol. The molecule has 17 heavy (non-hydrogen) atoms. The standard InChI is InChI=1S/C12H23N3O2/c1-5-6-10(16-4)11-14-12(17-15-11)9(13)7-8(2)3/h8-10H,5-7,13H2,1-4H3/t9-,10?/m1/s1. The lowest BCUT2D eigenvalue weighted by molar-refractivity contribution is 0.0854. The Labute approximate surface area is 103 Å². The summed E-state index contributed by atoms with van der Waals surface area (Å²) in [7, 11) is 1.66. The van der Waals surface area contributed by atoms with Crippen molar-refractivity contribution in [3.05, 3.63) is 11.7 Å². The van der Waals surface area contributed by atoms with Crippen LogP contribution in [0.15, 0.2) is 4.52 Å². The summed E-state index contributed by atoms with van der Waals surface area (Å²) in [6.45, 7) is 6.33. The van der Waals surface area contributed by atoms with E-state index in [1.807, 2.05) is 0 Å². The highest BCUT2D eigenvalue weighted by molar-refractivity contribution is 4.95. The summed E-state index contributed by atoms with van der Waals surface area (Å²) in [4.78, 5) is 4.33. The highest BCUT2D eigenvalue weighted by atomic mass is 16.5. The number of methoxy groups -OCH3 is 1. The average Bonchev–Trinajstić information content (AvgIpc) is 2.74. The van der Waals surface area contributed by atoms with Crippen LogP contribution in [0.1, 0.15) is 63.9 Å². The van der Waals surface area contributed by atoms with E-state index in [0.717, 1.165) is 19.3 Å². The highest BCUT2D eigenvalue weighted by Crippen LogP contribution is 2.22. The Kier molecular flexibility index (Phi) is 5.58. The van der Waals surface area contributed by atoms with Gasteiger partial charge in [0.05, 0.1) is 6.04 Å². The van der Waals surface area contributed by atoms with E-state index < -0.39 is 0 Å². The molecule has 2 N–H and O–H groups in total. The van der Waals surface area contributed by atoms with E-state index in [0.29, 0.717) is 17.6 Å². The summed E-state index contributed by atoms with van der Waals surface area (Å²) >= 11 is 0. The fourth-order valence-electron chi connectivity index (χ4n) is 1.75. The minimum absolute atomic E-state index is 0.0938. The molecule has 5 heteroatoms. The van der Waals surface area contributed by atoms with E-state index in [1.165, 1.54) is 0 Å². The van der Waals surface area contributed by atoms with Gasteiger partial charge in [0.25, 0.3) is 0 Å². The fourth-order valence-corrected chi connectivity index (χ4v) is 1.75. The molecule has 1 heterocycles. The van der Waals surface area contributed by atoms with Gasteiger partial charge in [-0.25, -0.2) is 0 Å². The smallest absolute Gasteiger partial charge is 0.243 e. The van der Waals surface area contributed by atoms with Crippen LogP contribution in [0.2, 0.25) is 0 Å². The molecule has 0 aliphatic heterocycles. The lowest BCUT2D eigenvalue weighted by Gasteiger charge is -2.10. The Bertz CT molecular complexity index is 325. The first kappa shape index (κ1) is 14.1. The van der Waals surface area contributed by atoms with Crippen molar-refractivity contribution in [3.63, 3.8) is 0 Å². The van der Waals surface area contributed by atoms with Gasteiger partial charge in [-0.3, -0.25) is 0 Å². The van der Waals surface area contributed by atoms with E-state index in [2.05, 4.69) is 30.9 Å². The molecule has 0 radical (unpaired) electrons. The van der Waals surface area contributed by atoms with Gasteiger partial charge in [-0.1, -0.05) is 32.3 Å². The molecule has 0 aromatic carbocycles. The molecule has 1 aromatic rings. The van der Waals surface area contributed by atoms with Crippen LogP contribution in [0.25, 0.3) is 0 Å². The van der Waals surface area contributed by atoms with Crippen LogP contribution in [-0.2, 0) is 4.74 Å². The molecule has 1 rings (SSSR count). The number of ether oxygens (including phenoxy) is 1. The minimum atomic E-state index is -0.185. The van der Waals surface area contributed by atoms with Crippen molar-refractivity contribution in [1.82, 2.24) is 10.1 Å². The third-order valence-corrected chi connectivity index (χ3v) is 2.62. The lowest BCUT2D eigenvalue weighted by Crippen LogP contribution is -2.13. The van der Waals surface area contributed by atoms with Crippen molar-refractivity contribution in [2.45, 2.75) is 52.2 Å². The maximum atomic E-state index is 5.99. The zero-order valence-corrected chi connectivity index (χ0v) is 11.1. The predicted molar refractivity (Wildman–Crippen MR) is 65.3 cm³/mol. The number of nitrogens with zero attached hydrogens (tertiary/aromatic N) is 2. The van der Waals surface area contributed by atoms with Crippen LogP contribution in [-0.4, -0.2) is 17.3 Å².